The fraction of sp³-hybridized carbons (Fsp3) is 0.417. The fourth-order valence-electron chi connectivity index (χ4n) is 2.23. The molecule has 0 radical (unpaired) electrons. The molecule has 0 amide bonds. The zero-order valence-electron chi connectivity index (χ0n) is 9.27. The lowest BCUT2D eigenvalue weighted by molar-refractivity contribution is -0.846. The third kappa shape index (κ3) is 1.84. The number of fused-ring (bicyclic) bond motifs is 1. The van der Waals surface area contributed by atoms with Crippen molar-refractivity contribution in [3.05, 3.63) is 23.7 Å². The summed E-state index contributed by atoms with van der Waals surface area (Å²) < 4.78 is 6.85. The zero-order chi connectivity index (χ0) is 11.0. The first-order valence-electron chi connectivity index (χ1n) is 5.63. The lowest BCUT2D eigenvalue weighted by Gasteiger charge is -2.27. The SMILES string of the molecule is CC1C[NH+](c2ccc3ncsc3c2)CCO1. The maximum atomic E-state index is 5.57. The summed E-state index contributed by atoms with van der Waals surface area (Å²) in [6.45, 7) is 5.13. The molecule has 0 bridgehead atoms. The van der Waals surface area contributed by atoms with Crippen LogP contribution >= 0.6 is 11.3 Å². The molecule has 2 aromatic rings. The third-order valence-corrected chi connectivity index (χ3v) is 3.87. The molecule has 84 valence electrons. The third-order valence-electron chi connectivity index (χ3n) is 3.08. The van der Waals surface area contributed by atoms with Gasteiger partial charge in [0.2, 0.25) is 0 Å². The monoisotopic (exact) mass is 235 g/mol. The molecule has 1 saturated heterocycles. The summed E-state index contributed by atoms with van der Waals surface area (Å²) >= 11 is 1.71. The number of aromatic nitrogens is 1. The lowest BCUT2D eigenvalue weighted by Crippen LogP contribution is -3.10. The van der Waals surface area contributed by atoms with Gasteiger partial charge in [0, 0.05) is 12.1 Å². The molecule has 1 aliphatic heterocycles. The Labute approximate surface area is 98.7 Å². The molecule has 4 heteroatoms. The maximum Gasteiger partial charge on any atom is 0.132 e. The molecule has 3 rings (SSSR count). The van der Waals surface area contributed by atoms with Gasteiger partial charge in [-0.3, -0.25) is 4.90 Å². The Balaban J connectivity index is 1.92. The zero-order valence-corrected chi connectivity index (χ0v) is 10.1. The molecular weight excluding hydrogens is 220 g/mol. The van der Waals surface area contributed by atoms with Crippen molar-refractivity contribution in [3.63, 3.8) is 0 Å². The highest BCUT2D eigenvalue weighted by Gasteiger charge is 2.22. The van der Waals surface area contributed by atoms with Crippen LogP contribution in [-0.2, 0) is 4.74 Å². The smallest absolute Gasteiger partial charge is 0.132 e. The van der Waals surface area contributed by atoms with Crippen LogP contribution in [0.1, 0.15) is 6.92 Å². The minimum absolute atomic E-state index is 0.362. The van der Waals surface area contributed by atoms with E-state index in [1.54, 1.807) is 11.3 Å². The summed E-state index contributed by atoms with van der Waals surface area (Å²) in [6, 6.07) is 6.57. The van der Waals surface area contributed by atoms with E-state index in [0.29, 0.717) is 6.10 Å². The van der Waals surface area contributed by atoms with Gasteiger partial charge in [0.1, 0.15) is 24.9 Å². The van der Waals surface area contributed by atoms with Crippen molar-refractivity contribution in [2.45, 2.75) is 13.0 Å². The number of nitrogens with one attached hydrogen (secondary N) is 1. The van der Waals surface area contributed by atoms with Gasteiger partial charge in [-0.25, -0.2) is 4.98 Å². The summed E-state index contributed by atoms with van der Waals surface area (Å²) in [5.41, 5.74) is 4.38. The summed E-state index contributed by atoms with van der Waals surface area (Å²) in [7, 11) is 0. The Morgan fingerprint density at radius 3 is 3.31 bits per heavy atom. The van der Waals surface area contributed by atoms with E-state index in [0.717, 1.165) is 25.2 Å². The van der Waals surface area contributed by atoms with Crippen LogP contribution in [0, 0.1) is 0 Å². The topological polar surface area (TPSA) is 26.6 Å². The van der Waals surface area contributed by atoms with Gasteiger partial charge in [-0.05, 0) is 13.0 Å². The standard InChI is InChI=1S/C12H14N2OS/c1-9-7-14(4-5-15-9)10-2-3-11-12(6-10)16-8-13-11/h2-3,6,8-9H,4-5,7H2,1H3/p+1. The van der Waals surface area contributed by atoms with Crippen LogP contribution < -0.4 is 4.90 Å². The molecule has 2 heterocycles. The van der Waals surface area contributed by atoms with Gasteiger partial charge in [0.15, 0.2) is 0 Å². The maximum absolute atomic E-state index is 5.57. The summed E-state index contributed by atoms with van der Waals surface area (Å²) in [5.74, 6) is 0. The number of nitrogens with zero attached hydrogens (tertiary/aromatic N) is 1. The molecule has 0 spiro atoms. The number of thiazole rings is 1. The predicted molar refractivity (Wildman–Crippen MR) is 65.4 cm³/mol. The van der Waals surface area contributed by atoms with Crippen molar-refractivity contribution >= 4 is 27.2 Å². The van der Waals surface area contributed by atoms with Gasteiger partial charge in [0.25, 0.3) is 0 Å². The van der Waals surface area contributed by atoms with Crippen molar-refractivity contribution in [1.29, 1.82) is 0 Å². The minimum atomic E-state index is 0.362. The fourth-order valence-corrected chi connectivity index (χ4v) is 2.94. The second kappa shape index (κ2) is 4.13. The van der Waals surface area contributed by atoms with E-state index in [2.05, 4.69) is 30.1 Å². The van der Waals surface area contributed by atoms with E-state index in [-0.39, 0.29) is 0 Å². The van der Waals surface area contributed by atoms with E-state index < -0.39 is 0 Å². The molecule has 2 atom stereocenters. The van der Waals surface area contributed by atoms with E-state index in [9.17, 15) is 0 Å². The van der Waals surface area contributed by atoms with Gasteiger partial charge in [-0.2, -0.15) is 0 Å². The quantitative estimate of drug-likeness (QED) is 0.805. The Bertz CT molecular complexity index is 496. The minimum Gasteiger partial charge on any atom is -0.367 e. The Hall–Kier alpha value is -0.970. The molecular formula is C12H15N2OS+. The molecule has 0 aliphatic carbocycles. The van der Waals surface area contributed by atoms with E-state index >= 15 is 0 Å². The Morgan fingerprint density at radius 2 is 2.44 bits per heavy atom. The van der Waals surface area contributed by atoms with Crippen LogP contribution in [-0.4, -0.2) is 30.8 Å². The van der Waals surface area contributed by atoms with Crippen LogP contribution in [0.2, 0.25) is 0 Å². The van der Waals surface area contributed by atoms with Gasteiger partial charge in [-0.15, -0.1) is 11.3 Å². The number of hydrogen-bond acceptors (Lipinski definition) is 3. The summed E-state index contributed by atoms with van der Waals surface area (Å²) in [4.78, 5) is 5.83. The number of ether oxygens (including phenoxy) is 1. The molecule has 1 aliphatic rings. The normalized spacial score (nSPS) is 26.1. The molecule has 1 aromatic carbocycles. The largest absolute Gasteiger partial charge is 0.367 e. The first-order chi connectivity index (χ1) is 7.83. The number of benzene rings is 1. The number of rotatable bonds is 1. The van der Waals surface area contributed by atoms with Crippen LogP contribution in [0.15, 0.2) is 23.7 Å². The van der Waals surface area contributed by atoms with Crippen LogP contribution in [0.3, 0.4) is 0 Å². The molecule has 1 fully saturated rings. The summed E-state index contributed by atoms with van der Waals surface area (Å²) in [6.07, 6.45) is 0.362. The number of morpholine rings is 1. The number of hydrogen-bond donors (Lipinski definition) is 1. The van der Waals surface area contributed by atoms with Crippen LogP contribution in [0.25, 0.3) is 10.2 Å². The highest BCUT2D eigenvalue weighted by molar-refractivity contribution is 7.16. The average Bonchev–Trinajstić information content (AvgIpc) is 2.75. The molecule has 2 unspecified atom stereocenters. The van der Waals surface area contributed by atoms with Crippen molar-refractivity contribution in [2.24, 2.45) is 0 Å². The van der Waals surface area contributed by atoms with E-state index in [4.69, 9.17) is 4.74 Å². The van der Waals surface area contributed by atoms with E-state index in [1.807, 2.05) is 5.51 Å². The average molecular weight is 235 g/mol. The molecule has 1 aromatic heterocycles. The second-order valence-electron chi connectivity index (χ2n) is 4.27. The second-order valence-corrected chi connectivity index (χ2v) is 5.16. The molecule has 16 heavy (non-hydrogen) atoms. The molecule has 3 nitrogen and oxygen atoms in total. The Morgan fingerprint density at radius 1 is 1.50 bits per heavy atom. The van der Waals surface area contributed by atoms with Crippen molar-refractivity contribution in [1.82, 2.24) is 4.98 Å². The predicted octanol–water partition coefficient (Wildman–Crippen LogP) is 1.23. The highest BCUT2D eigenvalue weighted by atomic mass is 32.1. The Kier molecular flexibility index (Phi) is 2.63. The van der Waals surface area contributed by atoms with Gasteiger partial charge >= 0.3 is 0 Å². The lowest BCUT2D eigenvalue weighted by atomic mass is 10.2. The van der Waals surface area contributed by atoms with Crippen molar-refractivity contribution in [2.75, 3.05) is 19.7 Å². The van der Waals surface area contributed by atoms with Crippen molar-refractivity contribution in [3.8, 4) is 0 Å². The van der Waals surface area contributed by atoms with Gasteiger partial charge < -0.3 is 4.74 Å². The molecule has 1 N–H and O–H groups in total. The highest BCUT2D eigenvalue weighted by Crippen LogP contribution is 2.20. The van der Waals surface area contributed by atoms with Crippen LogP contribution in [0.5, 0.6) is 0 Å². The van der Waals surface area contributed by atoms with Gasteiger partial charge in [0.05, 0.1) is 22.3 Å². The number of quaternary nitrogens is 1. The van der Waals surface area contributed by atoms with E-state index in [1.165, 1.54) is 15.3 Å². The summed E-state index contributed by atoms with van der Waals surface area (Å²) in [5, 5.41) is 0. The first kappa shape index (κ1) is 10.2. The first-order valence-corrected chi connectivity index (χ1v) is 6.51. The van der Waals surface area contributed by atoms with Crippen molar-refractivity contribution < 1.29 is 9.64 Å². The molecule has 0 saturated carbocycles. The van der Waals surface area contributed by atoms with Gasteiger partial charge in [-0.1, -0.05) is 0 Å². The van der Waals surface area contributed by atoms with Crippen LogP contribution in [0.4, 0.5) is 5.69 Å².